The Hall–Kier alpha value is -2.80. The first-order chi connectivity index (χ1) is 22.5. The zero-order valence-electron chi connectivity index (χ0n) is 26.3. The van der Waals surface area contributed by atoms with Crippen LogP contribution in [0.1, 0.15) is 42.1 Å². The third-order valence-electron chi connectivity index (χ3n) is 8.89. The highest BCUT2D eigenvalue weighted by Gasteiger charge is 2.45. The summed E-state index contributed by atoms with van der Waals surface area (Å²) < 4.78 is 40.2. The third kappa shape index (κ3) is 7.30. The first-order valence-electron chi connectivity index (χ1n) is 15.5. The Bertz CT molecular complexity index is 1340. The fraction of sp³-hybridized carbons (Fsp3) is 0.625. The minimum absolute atomic E-state index is 0.0368. The largest absolute Gasteiger partial charge is 0.504 e. The number of aliphatic hydroxyl groups excluding tert-OH is 7. The Kier molecular flexibility index (Phi) is 11.5. The molecule has 0 radical (unpaired) electrons. The fourth-order valence-electron chi connectivity index (χ4n) is 6.13. The van der Waals surface area contributed by atoms with Crippen LogP contribution >= 0.6 is 0 Å². The van der Waals surface area contributed by atoms with Crippen LogP contribution in [0.15, 0.2) is 30.3 Å². The predicted molar refractivity (Wildman–Crippen MR) is 160 cm³/mol. The molecule has 12 atom stereocenters. The molecular formula is C32H44O15. The molecule has 2 aromatic carbocycles. The summed E-state index contributed by atoms with van der Waals surface area (Å²) in [5.74, 6) is 0.616. The molecule has 15 heteroatoms. The van der Waals surface area contributed by atoms with E-state index in [-0.39, 0.29) is 24.7 Å². The topological polar surface area (TPSA) is 226 Å². The molecule has 2 fully saturated rings. The van der Waals surface area contributed by atoms with Gasteiger partial charge in [-0.05, 0) is 49.1 Å². The standard InChI is InChI=1S/C32H44O15/c1-14-23(35)25(37)27(39)32(45-14)44-13-18-17-9-15(5-4-8-43-31-28(40)26(38)24(36)22(12-33)46-31)10-21(42-3)30(17)47-29(18)16-6-7-19(34)20(11-16)41-2/h6-7,9-11,14,18,22-29,31-40H,4-5,8,12-13H2,1-3H3/t14-,18?,22+,23-,24+,25+,26-,27+,28+,29?,31+,32+/m0/s1. The molecule has 2 aromatic rings. The minimum Gasteiger partial charge on any atom is -0.504 e. The second kappa shape index (κ2) is 15.2. The first-order valence-corrected chi connectivity index (χ1v) is 15.5. The number of methoxy groups -OCH3 is 2. The summed E-state index contributed by atoms with van der Waals surface area (Å²) in [7, 11) is 2.94. The molecule has 0 aliphatic carbocycles. The van der Waals surface area contributed by atoms with E-state index in [1.807, 2.05) is 12.1 Å². The van der Waals surface area contributed by atoms with E-state index in [1.165, 1.54) is 20.3 Å². The van der Waals surface area contributed by atoms with Crippen LogP contribution in [0.25, 0.3) is 0 Å². The van der Waals surface area contributed by atoms with Crippen molar-refractivity contribution in [3.8, 4) is 23.0 Å². The number of benzene rings is 2. The summed E-state index contributed by atoms with van der Waals surface area (Å²) in [4.78, 5) is 0. The molecule has 47 heavy (non-hydrogen) atoms. The van der Waals surface area contributed by atoms with Crippen molar-refractivity contribution in [3.05, 3.63) is 47.0 Å². The summed E-state index contributed by atoms with van der Waals surface area (Å²) in [5.41, 5.74) is 2.23. The average Bonchev–Trinajstić information content (AvgIpc) is 3.44. The molecule has 0 amide bonds. The highest BCUT2D eigenvalue weighted by atomic mass is 16.7. The van der Waals surface area contributed by atoms with Crippen LogP contribution in [-0.2, 0) is 25.4 Å². The summed E-state index contributed by atoms with van der Waals surface area (Å²) in [6.07, 6.45) is -12.8. The zero-order valence-corrected chi connectivity index (χ0v) is 26.3. The Morgan fingerprint density at radius 3 is 2.13 bits per heavy atom. The van der Waals surface area contributed by atoms with E-state index in [9.17, 15) is 40.9 Å². The lowest BCUT2D eigenvalue weighted by atomic mass is 9.90. The molecule has 3 aliphatic heterocycles. The highest BCUT2D eigenvalue weighted by Crippen LogP contribution is 2.52. The van der Waals surface area contributed by atoms with Crippen LogP contribution in [0.2, 0.25) is 0 Å². The van der Waals surface area contributed by atoms with Crippen molar-refractivity contribution in [1.29, 1.82) is 0 Å². The molecule has 15 nitrogen and oxygen atoms in total. The molecular weight excluding hydrogens is 624 g/mol. The lowest BCUT2D eigenvalue weighted by Crippen LogP contribution is -2.59. The van der Waals surface area contributed by atoms with Gasteiger partial charge in [-0.1, -0.05) is 12.1 Å². The molecule has 2 saturated heterocycles. The van der Waals surface area contributed by atoms with Crippen molar-refractivity contribution in [3.63, 3.8) is 0 Å². The molecule has 2 unspecified atom stereocenters. The van der Waals surface area contributed by atoms with Crippen LogP contribution in [0.3, 0.4) is 0 Å². The number of aromatic hydroxyl groups is 1. The summed E-state index contributed by atoms with van der Waals surface area (Å²) in [5, 5.41) is 80.8. The van der Waals surface area contributed by atoms with Gasteiger partial charge in [-0.15, -0.1) is 0 Å². The van der Waals surface area contributed by atoms with E-state index >= 15 is 0 Å². The van der Waals surface area contributed by atoms with Crippen molar-refractivity contribution in [2.45, 2.75) is 93.2 Å². The van der Waals surface area contributed by atoms with Gasteiger partial charge in [0.15, 0.2) is 35.6 Å². The van der Waals surface area contributed by atoms with Gasteiger partial charge in [-0.3, -0.25) is 0 Å². The number of phenolic OH excluding ortho intramolecular Hbond substituents is 1. The predicted octanol–water partition coefficient (Wildman–Crippen LogP) is -0.780. The van der Waals surface area contributed by atoms with Gasteiger partial charge < -0.3 is 74.0 Å². The number of fused-ring (bicyclic) bond motifs is 1. The number of phenols is 1. The zero-order chi connectivity index (χ0) is 34.0. The van der Waals surface area contributed by atoms with Gasteiger partial charge in [0.25, 0.3) is 0 Å². The summed E-state index contributed by atoms with van der Waals surface area (Å²) >= 11 is 0. The lowest BCUT2D eigenvalue weighted by molar-refractivity contribution is -0.301. The van der Waals surface area contributed by atoms with Gasteiger partial charge in [0, 0.05) is 5.56 Å². The molecule has 0 saturated carbocycles. The van der Waals surface area contributed by atoms with Crippen molar-refractivity contribution in [2.24, 2.45) is 0 Å². The van der Waals surface area contributed by atoms with E-state index in [4.69, 9.17) is 33.2 Å². The molecule has 262 valence electrons. The van der Waals surface area contributed by atoms with Gasteiger partial charge in [0.05, 0.1) is 46.1 Å². The van der Waals surface area contributed by atoms with Gasteiger partial charge >= 0.3 is 0 Å². The van der Waals surface area contributed by atoms with Crippen LogP contribution < -0.4 is 14.2 Å². The molecule has 0 spiro atoms. The summed E-state index contributed by atoms with van der Waals surface area (Å²) in [6, 6.07) is 8.58. The monoisotopic (exact) mass is 668 g/mol. The Morgan fingerprint density at radius 1 is 0.766 bits per heavy atom. The number of rotatable bonds is 12. The average molecular weight is 669 g/mol. The maximum atomic E-state index is 10.6. The van der Waals surface area contributed by atoms with Gasteiger partial charge in [0.1, 0.15) is 48.8 Å². The molecule has 3 aliphatic rings. The van der Waals surface area contributed by atoms with Gasteiger partial charge in [-0.2, -0.15) is 0 Å². The SMILES string of the molecule is COc1cc(C2Oc3c(OC)cc(CCCO[C@@H]4O[C@H](CO)[C@@H](O)[C@H](O)[C@H]4O)cc3C2CO[C@@H]2O[C@@H](C)[C@H](O)[C@@H](O)[C@H]2O)ccc1O. The number of ether oxygens (including phenoxy) is 7. The highest BCUT2D eigenvalue weighted by molar-refractivity contribution is 5.56. The van der Waals surface area contributed by atoms with E-state index in [0.717, 1.165) is 11.1 Å². The van der Waals surface area contributed by atoms with E-state index in [1.54, 1.807) is 19.1 Å². The fourth-order valence-corrected chi connectivity index (χ4v) is 6.13. The van der Waals surface area contributed by atoms with Crippen molar-refractivity contribution >= 4 is 0 Å². The number of hydrogen-bond acceptors (Lipinski definition) is 15. The van der Waals surface area contributed by atoms with Crippen molar-refractivity contribution < 1.29 is 74.0 Å². The maximum Gasteiger partial charge on any atom is 0.186 e. The second-order valence-electron chi connectivity index (χ2n) is 12.0. The van der Waals surface area contributed by atoms with Gasteiger partial charge in [-0.25, -0.2) is 0 Å². The van der Waals surface area contributed by atoms with Crippen LogP contribution in [-0.4, -0.2) is 136 Å². The van der Waals surface area contributed by atoms with Gasteiger partial charge in [0.2, 0.25) is 0 Å². The number of hydrogen-bond donors (Lipinski definition) is 8. The maximum absolute atomic E-state index is 10.6. The van der Waals surface area contributed by atoms with Crippen LogP contribution in [0, 0.1) is 0 Å². The lowest BCUT2D eigenvalue weighted by Gasteiger charge is -2.39. The smallest absolute Gasteiger partial charge is 0.186 e. The molecule has 0 aromatic heterocycles. The van der Waals surface area contributed by atoms with E-state index in [2.05, 4.69) is 0 Å². The van der Waals surface area contributed by atoms with E-state index < -0.39 is 80.0 Å². The van der Waals surface area contributed by atoms with Crippen LogP contribution in [0.5, 0.6) is 23.0 Å². The number of aryl methyl sites for hydroxylation is 1. The molecule has 5 rings (SSSR count). The number of aliphatic hydroxyl groups is 7. The quantitative estimate of drug-likeness (QED) is 0.130. The Morgan fingerprint density at radius 2 is 1.45 bits per heavy atom. The van der Waals surface area contributed by atoms with E-state index in [0.29, 0.717) is 29.9 Å². The molecule has 8 N–H and O–H groups in total. The normalized spacial score (nSPS) is 35.3. The minimum atomic E-state index is -1.54. The van der Waals surface area contributed by atoms with Crippen molar-refractivity contribution in [1.82, 2.24) is 0 Å². The van der Waals surface area contributed by atoms with Crippen molar-refractivity contribution in [2.75, 3.05) is 34.0 Å². The first kappa shape index (κ1) is 35.5. The third-order valence-corrected chi connectivity index (χ3v) is 8.89. The Balaban J connectivity index is 1.35. The second-order valence-corrected chi connectivity index (χ2v) is 12.0. The van der Waals surface area contributed by atoms with Crippen LogP contribution in [0.4, 0.5) is 0 Å². The Labute approximate surface area is 271 Å². The molecule has 3 heterocycles. The summed E-state index contributed by atoms with van der Waals surface area (Å²) in [6.45, 7) is 1.08. The molecule has 0 bridgehead atoms.